The number of rotatable bonds is 1. The average Bonchev–Trinajstić information content (AvgIpc) is 1.97. The second-order valence-corrected chi connectivity index (χ2v) is 3.55. The zero-order chi connectivity index (χ0) is 8.43. The summed E-state index contributed by atoms with van der Waals surface area (Å²) in [6, 6.07) is 0.439. The molecule has 0 aromatic carbocycles. The summed E-state index contributed by atoms with van der Waals surface area (Å²) in [7, 11) is 1.70. The number of methoxy groups -OCH3 is 1. The van der Waals surface area contributed by atoms with Crippen molar-refractivity contribution in [2.75, 3.05) is 7.11 Å². The summed E-state index contributed by atoms with van der Waals surface area (Å²) < 4.78 is 5.22. The summed E-state index contributed by atoms with van der Waals surface area (Å²) in [4.78, 5) is 0. The van der Waals surface area contributed by atoms with E-state index in [1.165, 1.54) is 0 Å². The van der Waals surface area contributed by atoms with Crippen molar-refractivity contribution in [3.63, 3.8) is 0 Å². The standard InChI is InChI=1S/C8H18N2O/c1-5-3-7(10)8(11-2)4-6(5)9/h5-8H,3-4,9-10H2,1-2H3/t5?,6?,7-,8?/m1/s1. The molecular formula is C8H18N2O. The van der Waals surface area contributed by atoms with E-state index in [1.54, 1.807) is 7.11 Å². The second-order valence-electron chi connectivity index (χ2n) is 3.55. The Morgan fingerprint density at radius 1 is 1.18 bits per heavy atom. The molecule has 1 aliphatic rings. The highest BCUT2D eigenvalue weighted by molar-refractivity contribution is 4.88. The zero-order valence-corrected chi connectivity index (χ0v) is 7.29. The quantitative estimate of drug-likeness (QED) is 0.568. The molecule has 0 aliphatic heterocycles. The largest absolute Gasteiger partial charge is 0.380 e. The van der Waals surface area contributed by atoms with Gasteiger partial charge in [0.05, 0.1) is 6.10 Å². The van der Waals surface area contributed by atoms with Crippen molar-refractivity contribution < 1.29 is 4.74 Å². The lowest BCUT2D eigenvalue weighted by Gasteiger charge is -2.35. The third-order valence-electron chi connectivity index (χ3n) is 2.66. The first kappa shape index (κ1) is 8.97. The van der Waals surface area contributed by atoms with Crippen molar-refractivity contribution in [3.05, 3.63) is 0 Å². The Labute approximate surface area is 68.1 Å². The lowest BCUT2D eigenvalue weighted by molar-refractivity contribution is 0.0340. The van der Waals surface area contributed by atoms with Crippen LogP contribution in [0.3, 0.4) is 0 Å². The van der Waals surface area contributed by atoms with Crippen LogP contribution >= 0.6 is 0 Å². The fourth-order valence-electron chi connectivity index (χ4n) is 1.70. The molecule has 66 valence electrons. The van der Waals surface area contributed by atoms with Gasteiger partial charge in [-0.3, -0.25) is 0 Å². The molecule has 0 aromatic heterocycles. The van der Waals surface area contributed by atoms with Crippen LogP contribution in [0.5, 0.6) is 0 Å². The minimum atomic E-state index is 0.168. The van der Waals surface area contributed by atoms with Crippen molar-refractivity contribution in [1.29, 1.82) is 0 Å². The fraction of sp³-hybridized carbons (Fsp3) is 1.00. The summed E-state index contributed by atoms with van der Waals surface area (Å²) in [6.45, 7) is 2.15. The van der Waals surface area contributed by atoms with Crippen LogP contribution in [0, 0.1) is 5.92 Å². The smallest absolute Gasteiger partial charge is 0.0737 e. The average molecular weight is 158 g/mol. The van der Waals surface area contributed by atoms with Gasteiger partial charge in [0.15, 0.2) is 0 Å². The molecule has 0 saturated heterocycles. The molecule has 0 bridgehead atoms. The summed E-state index contributed by atoms with van der Waals surface area (Å²) in [5.41, 5.74) is 11.7. The summed E-state index contributed by atoms with van der Waals surface area (Å²) in [5.74, 6) is 0.538. The van der Waals surface area contributed by atoms with E-state index < -0.39 is 0 Å². The Kier molecular flexibility index (Phi) is 2.87. The van der Waals surface area contributed by atoms with E-state index in [1.807, 2.05) is 0 Å². The first-order chi connectivity index (χ1) is 5.15. The minimum absolute atomic E-state index is 0.168. The van der Waals surface area contributed by atoms with Crippen LogP contribution in [0.15, 0.2) is 0 Å². The van der Waals surface area contributed by atoms with Gasteiger partial charge in [-0.2, -0.15) is 0 Å². The molecule has 0 aromatic rings. The molecule has 1 fully saturated rings. The van der Waals surface area contributed by atoms with Gasteiger partial charge in [-0.25, -0.2) is 0 Å². The highest BCUT2D eigenvalue weighted by Gasteiger charge is 2.30. The van der Waals surface area contributed by atoms with Gasteiger partial charge in [0.1, 0.15) is 0 Å². The molecule has 3 nitrogen and oxygen atoms in total. The van der Waals surface area contributed by atoms with E-state index in [-0.39, 0.29) is 18.2 Å². The third-order valence-corrected chi connectivity index (χ3v) is 2.66. The van der Waals surface area contributed by atoms with Gasteiger partial charge in [-0.15, -0.1) is 0 Å². The van der Waals surface area contributed by atoms with E-state index in [0.717, 1.165) is 12.8 Å². The Balaban J connectivity index is 2.48. The van der Waals surface area contributed by atoms with Crippen molar-refractivity contribution in [2.45, 2.75) is 38.0 Å². The molecule has 1 rings (SSSR count). The van der Waals surface area contributed by atoms with E-state index >= 15 is 0 Å². The fourth-order valence-corrected chi connectivity index (χ4v) is 1.70. The Morgan fingerprint density at radius 2 is 1.82 bits per heavy atom. The van der Waals surface area contributed by atoms with Crippen LogP contribution in [-0.4, -0.2) is 25.3 Å². The number of hydrogen-bond acceptors (Lipinski definition) is 3. The first-order valence-electron chi connectivity index (χ1n) is 4.19. The lowest BCUT2D eigenvalue weighted by Crippen LogP contribution is -2.49. The molecule has 4 N–H and O–H groups in total. The van der Waals surface area contributed by atoms with Crippen LogP contribution < -0.4 is 11.5 Å². The molecule has 0 radical (unpaired) electrons. The topological polar surface area (TPSA) is 61.3 Å². The maximum Gasteiger partial charge on any atom is 0.0737 e. The number of nitrogens with two attached hydrogens (primary N) is 2. The molecular weight excluding hydrogens is 140 g/mol. The van der Waals surface area contributed by atoms with Crippen LogP contribution in [-0.2, 0) is 4.74 Å². The third kappa shape index (κ3) is 1.92. The highest BCUT2D eigenvalue weighted by atomic mass is 16.5. The second kappa shape index (κ2) is 3.52. The van der Waals surface area contributed by atoms with Crippen LogP contribution in [0.25, 0.3) is 0 Å². The first-order valence-corrected chi connectivity index (χ1v) is 4.19. The van der Waals surface area contributed by atoms with Gasteiger partial charge in [-0.05, 0) is 18.8 Å². The van der Waals surface area contributed by atoms with Crippen molar-refractivity contribution in [2.24, 2.45) is 17.4 Å². The van der Waals surface area contributed by atoms with Crippen molar-refractivity contribution in [3.8, 4) is 0 Å². The molecule has 4 atom stereocenters. The maximum absolute atomic E-state index is 5.87. The van der Waals surface area contributed by atoms with E-state index in [9.17, 15) is 0 Å². The Bertz CT molecular complexity index is 129. The summed E-state index contributed by atoms with van der Waals surface area (Å²) >= 11 is 0. The van der Waals surface area contributed by atoms with E-state index in [0.29, 0.717) is 5.92 Å². The monoisotopic (exact) mass is 158 g/mol. The summed E-state index contributed by atoms with van der Waals surface area (Å²) in [5, 5.41) is 0. The van der Waals surface area contributed by atoms with Gasteiger partial charge in [-0.1, -0.05) is 6.92 Å². The Morgan fingerprint density at radius 3 is 2.36 bits per heavy atom. The van der Waals surface area contributed by atoms with Crippen molar-refractivity contribution in [1.82, 2.24) is 0 Å². The van der Waals surface area contributed by atoms with Gasteiger partial charge in [0.25, 0.3) is 0 Å². The van der Waals surface area contributed by atoms with Crippen molar-refractivity contribution >= 4 is 0 Å². The van der Waals surface area contributed by atoms with Gasteiger partial charge < -0.3 is 16.2 Å². The molecule has 11 heavy (non-hydrogen) atoms. The van der Waals surface area contributed by atoms with Gasteiger partial charge >= 0.3 is 0 Å². The molecule has 3 unspecified atom stereocenters. The van der Waals surface area contributed by atoms with E-state index in [2.05, 4.69) is 6.92 Å². The van der Waals surface area contributed by atoms with E-state index in [4.69, 9.17) is 16.2 Å². The van der Waals surface area contributed by atoms with Crippen LogP contribution in [0.2, 0.25) is 0 Å². The highest BCUT2D eigenvalue weighted by Crippen LogP contribution is 2.23. The van der Waals surface area contributed by atoms with Crippen LogP contribution in [0.1, 0.15) is 19.8 Å². The maximum atomic E-state index is 5.87. The van der Waals surface area contributed by atoms with Crippen LogP contribution in [0.4, 0.5) is 0 Å². The normalized spacial score (nSPS) is 45.8. The molecule has 0 heterocycles. The number of ether oxygens (including phenoxy) is 1. The Hall–Kier alpha value is -0.120. The predicted octanol–water partition coefficient (Wildman–Crippen LogP) is 0.0859. The number of hydrogen-bond donors (Lipinski definition) is 2. The lowest BCUT2D eigenvalue weighted by atomic mass is 9.82. The summed E-state index contributed by atoms with van der Waals surface area (Å²) in [6.07, 6.45) is 2.06. The molecule has 1 aliphatic carbocycles. The molecule has 0 amide bonds. The van der Waals surface area contributed by atoms with Gasteiger partial charge in [0, 0.05) is 19.2 Å². The molecule has 1 saturated carbocycles. The SMILES string of the molecule is COC1CC(N)C(C)C[C@H]1N. The zero-order valence-electron chi connectivity index (χ0n) is 7.29. The van der Waals surface area contributed by atoms with Gasteiger partial charge in [0.2, 0.25) is 0 Å². The molecule has 3 heteroatoms. The molecule has 0 spiro atoms. The minimum Gasteiger partial charge on any atom is -0.380 e. The predicted molar refractivity (Wildman–Crippen MR) is 45.1 cm³/mol.